The van der Waals surface area contributed by atoms with Crippen molar-refractivity contribution in [2.24, 2.45) is 0 Å². The quantitative estimate of drug-likeness (QED) is 0.649. The Morgan fingerprint density at radius 3 is 2.13 bits per heavy atom. The number of amides is 2. The van der Waals surface area contributed by atoms with Crippen molar-refractivity contribution in [3.63, 3.8) is 0 Å². The molecule has 0 spiro atoms. The number of aliphatic carboxylic acids is 1. The zero-order valence-electron chi connectivity index (χ0n) is 9.76. The predicted octanol–water partition coefficient (Wildman–Crippen LogP) is 1.34. The molecule has 0 radical (unpaired) electrons. The van der Waals surface area contributed by atoms with Gasteiger partial charge in [-0.25, -0.2) is 4.79 Å². The minimum absolute atomic E-state index is 0.275. The molecule has 0 saturated carbocycles. The van der Waals surface area contributed by atoms with Crippen LogP contribution < -0.4 is 10.6 Å². The predicted molar refractivity (Wildman–Crippen MR) is 57.8 cm³/mol. The van der Waals surface area contributed by atoms with Crippen LogP contribution in [0.3, 0.4) is 0 Å². The van der Waals surface area contributed by atoms with Crippen molar-refractivity contribution in [3.05, 3.63) is 0 Å². The first-order valence-electron chi connectivity index (χ1n) is 5.16. The van der Waals surface area contributed by atoms with Crippen LogP contribution in [-0.2, 0) is 4.79 Å². The minimum atomic E-state index is -1.04. The van der Waals surface area contributed by atoms with E-state index in [2.05, 4.69) is 10.6 Å². The monoisotopic (exact) mass is 216 g/mol. The lowest BCUT2D eigenvalue weighted by Crippen LogP contribution is -2.52. The van der Waals surface area contributed by atoms with E-state index >= 15 is 0 Å². The first-order chi connectivity index (χ1) is 6.84. The van der Waals surface area contributed by atoms with Gasteiger partial charge < -0.3 is 15.7 Å². The fourth-order valence-corrected chi connectivity index (χ4v) is 0.995. The molecule has 0 unspecified atom stereocenters. The van der Waals surface area contributed by atoms with Gasteiger partial charge in [0.25, 0.3) is 0 Å². The van der Waals surface area contributed by atoms with Gasteiger partial charge in [0.2, 0.25) is 0 Å². The van der Waals surface area contributed by atoms with E-state index in [0.717, 1.165) is 12.8 Å². The molecule has 15 heavy (non-hydrogen) atoms. The van der Waals surface area contributed by atoms with E-state index < -0.39 is 18.0 Å². The number of nitrogens with one attached hydrogen (secondary N) is 2. The van der Waals surface area contributed by atoms with Crippen molar-refractivity contribution in [2.45, 2.75) is 52.1 Å². The Hall–Kier alpha value is -1.26. The maximum absolute atomic E-state index is 11.4. The standard InChI is InChI=1S/C10H20N2O3/c1-5-10(4,6-2)12-9(15)11-7(3)8(13)14/h7H,5-6H2,1-4H3,(H,13,14)(H2,11,12,15)/t7-/m0/s1. The van der Waals surface area contributed by atoms with Crippen LogP contribution in [0.15, 0.2) is 0 Å². The second-order valence-corrected chi connectivity index (χ2v) is 3.93. The third-order valence-electron chi connectivity index (χ3n) is 2.69. The van der Waals surface area contributed by atoms with Crippen molar-refractivity contribution in [1.82, 2.24) is 10.6 Å². The van der Waals surface area contributed by atoms with Crippen LogP contribution in [0.1, 0.15) is 40.5 Å². The van der Waals surface area contributed by atoms with Crippen LogP contribution in [0, 0.1) is 0 Å². The highest BCUT2D eigenvalue weighted by Gasteiger charge is 2.23. The Labute approximate surface area is 90.2 Å². The Kier molecular flexibility index (Phi) is 5.11. The summed E-state index contributed by atoms with van der Waals surface area (Å²) >= 11 is 0. The molecule has 0 aliphatic carbocycles. The molecule has 0 heterocycles. The zero-order chi connectivity index (χ0) is 12.1. The molecule has 0 fully saturated rings. The molecular formula is C10H20N2O3. The number of carboxylic acids is 1. The highest BCUT2D eigenvalue weighted by molar-refractivity contribution is 5.82. The summed E-state index contributed by atoms with van der Waals surface area (Å²) in [6.07, 6.45) is 1.61. The summed E-state index contributed by atoms with van der Waals surface area (Å²) < 4.78 is 0. The maximum Gasteiger partial charge on any atom is 0.325 e. The highest BCUT2D eigenvalue weighted by Crippen LogP contribution is 2.12. The van der Waals surface area contributed by atoms with E-state index in [9.17, 15) is 9.59 Å². The van der Waals surface area contributed by atoms with Crippen LogP contribution in [0.25, 0.3) is 0 Å². The van der Waals surface area contributed by atoms with Crippen molar-refractivity contribution in [2.75, 3.05) is 0 Å². The summed E-state index contributed by atoms with van der Waals surface area (Å²) in [6, 6.07) is -1.31. The molecule has 0 rings (SSSR count). The smallest absolute Gasteiger partial charge is 0.325 e. The summed E-state index contributed by atoms with van der Waals surface area (Å²) in [5.41, 5.74) is -0.275. The van der Waals surface area contributed by atoms with Crippen LogP contribution in [0.4, 0.5) is 4.79 Å². The Morgan fingerprint density at radius 1 is 1.33 bits per heavy atom. The molecular weight excluding hydrogens is 196 g/mol. The van der Waals surface area contributed by atoms with E-state index in [1.54, 1.807) is 0 Å². The van der Waals surface area contributed by atoms with Gasteiger partial charge in [0.15, 0.2) is 0 Å². The maximum atomic E-state index is 11.4. The molecule has 0 aromatic heterocycles. The average molecular weight is 216 g/mol. The van der Waals surface area contributed by atoms with Gasteiger partial charge in [-0.1, -0.05) is 13.8 Å². The lowest BCUT2D eigenvalue weighted by Gasteiger charge is -2.28. The first-order valence-corrected chi connectivity index (χ1v) is 5.16. The van der Waals surface area contributed by atoms with E-state index in [-0.39, 0.29) is 5.54 Å². The van der Waals surface area contributed by atoms with E-state index in [4.69, 9.17) is 5.11 Å². The average Bonchev–Trinajstić information content (AvgIpc) is 2.17. The molecule has 0 bridgehead atoms. The third kappa shape index (κ3) is 4.67. The lowest BCUT2D eigenvalue weighted by molar-refractivity contribution is -0.138. The summed E-state index contributed by atoms with van der Waals surface area (Å²) in [7, 11) is 0. The van der Waals surface area contributed by atoms with Crippen molar-refractivity contribution in [3.8, 4) is 0 Å². The summed E-state index contributed by atoms with van der Waals surface area (Å²) in [6.45, 7) is 7.31. The molecule has 88 valence electrons. The van der Waals surface area contributed by atoms with Crippen LogP contribution in [0.2, 0.25) is 0 Å². The molecule has 3 N–H and O–H groups in total. The number of carbonyl (C=O) groups is 2. The largest absolute Gasteiger partial charge is 0.480 e. The molecule has 5 nitrogen and oxygen atoms in total. The fraction of sp³-hybridized carbons (Fsp3) is 0.800. The number of carbonyl (C=O) groups excluding carboxylic acids is 1. The van der Waals surface area contributed by atoms with Gasteiger partial charge in [-0.3, -0.25) is 4.79 Å². The lowest BCUT2D eigenvalue weighted by atomic mass is 9.96. The number of urea groups is 1. The topological polar surface area (TPSA) is 78.4 Å². The molecule has 5 heteroatoms. The van der Waals surface area contributed by atoms with Crippen LogP contribution in [0.5, 0.6) is 0 Å². The Bertz CT molecular complexity index is 237. The zero-order valence-corrected chi connectivity index (χ0v) is 9.76. The van der Waals surface area contributed by atoms with Crippen molar-refractivity contribution >= 4 is 12.0 Å². The Balaban J connectivity index is 4.19. The van der Waals surface area contributed by atoms with Gasteiger partial charge >= 0.3 is 12.0 Å². The van der Waals surface area contributed by atoms with Gasteiger partial charge in [0.1, 0.15) is 6.04 Å². The molecule has 0 aromatic rings. The van der Waals surface area contributed by atoms with E-state index in [1.165, 1.54) is 6.92 Å². The SMILES string of the molecule is CCC(C)(CC)NC(=O)N[C@@H](C)C(=O)O. The van der Waals surface area contributed by atoms with Gasteiger partial charge in [-0.2, -0.15) is 0 Å². The third-order valence-corrected chi connectivity index (χ3v) is 2.69. The number of hydrogen-bond acceptors (Lipinski definition) is 2. The van der Waals surface area contributed by atoms with Crippen LogP contribution in [-0.4, -0.2) is 28.7 Å². The van der Waals surface area contributed by atoms with Gasteiger partial charge in [-0.15, -0.1) is 0 Å². The van der Waals surface area contributed by atoms with Crippen molar-refractivity contribution in [1.29, 1.82) is 0 Å². The van der Waals surface area contributed by atoms with Crippen LogP contribution >= 0.6 is 0 Å². The number of hydrogen-bond donors (Lipinski definition) is 3. The van der Waals surface area contributed by atoms with Crippen molar-refractivity contribution < 1.29 is 14.7 Å². The van der Waals surface area contributed by atoms with E-state index in [1.807, 2.05) is 20.8 Å². The van der Waals surface area contributed by atoms with Gasteiger partial charge in [0, 0.05) is 5.54 Å². The molecule has 2 amide bonds. The minimum Gasteiger partial charge on any atom is -0.480 e. The molecule has 0 aromatic carbocycles. The normalized spacial score (nSPS) is 13.1. The fourth-order valence-electron chi connectivity index (χ4n) is 0.995. The molecule has 0 aliphatic heterocycles. The second kappa shape index (κ2) is 5.58. The molecule has 1 atom stereocenters. The molecule has 0 saturated heterocycles. The summed E-state index contributed by atoms with van der Waals surface area (Å²) in [5, 5.41) is 13.7. The Morgan fingerprint density at radius 2 is 1.80 bits per heavy atom. The van der Waals surface area contributed by atoms with E-state index in [0.29, 0.717) is 0 Å². The highest BCUT2D eigenvalue weighted by atomic mass is 16.4. The summed E-state index contributed by atoms with van der Waals surface area (Å²) in [5.74, 6) is -1.04. The molecule has 0 aliphatic rings. The summed E-state index contributed by atoms with van der Waals surface area (Å²) in [4.78, 5) is 21.9. The first kappa shape index (κ1) is 13.7. The van der Waals surface area contributed by atoms with Gasteiger partial charge in [-0.05, 0) is 26.7 Å². The van der Waals surface area contributed by atoms with Gasteiger partial charge in [0.05, 0.1) is 0 Å². The second-order valence-electron chi connectivity index (χ2n) is 3.93. The number of carboxylic acid groups (broad SMARTS) is 1. The number of rotatable bonds is 5.